The summed E-state index contributed by atoms with van der Waals surface area (Å²) in [5.41, 5.74) is 5.38. The van der Waals surface area contributed by atoms with Crippen LogP contribution in [0.1, 0.15) is 31.4 Å². The van der Waals surface area contributed by atoms with Crippen LogP contribution in [0, 0.1) is 5.82 Å². The van der Waals surface area contributed by atoms with E-state index in [1.54, 1.807) is 13.8 Å². The van der Waals surface area contributed by atoms with E-state index in [1.165, 1.54) is 18.2 Å². The average Bonchev–Trinajstić information content (AvgIpc) is 3.11. The molecule has 0 aliphatic carbocycles. The largest absolute Gasteiger partial charge is 0.386 e. The molecule has 154 valence electrons. The number of benzene rings is 1. The standard InChI is InChI=1S/C19H25FN2O5S/c1-3-26-10-14(23)8-13-4-5-16(20)15(9-13)18(2)12-28(24,25)19(17(21)22-18)6-7-27-11-19/h4-5,9H,3,6-8,10-12H2,1-2H3,(H2,21,22)/t18-,19-/m0/s1. The van der Waals surface area contributed by atoms with E-state index < -0.39 is 25.9 Å². The number of Topliss-reactive ketones (excluding diaryl/α,β-unsaturated/α-hetero) is 1. The highest BCUT2D eigenvalue weighted by Crippen LogP contribution is 2.41. The number of aliphatic imine (C=N–C) groups is 1. The molecule has 1 aromatic rings. The molecule has 2 heterocycles. The summed E-state index contributed by atoms with van der Waals surface area (Å²) in [7, 11) is -3.73. The lowest BCUT2D eigenvalue weighted by Gasteiger charge is -2.39. The lowest BCUT2D eigenvalue weighted by molar-refractivity contribution is -0.122. The Labute approximate surface area is 164 Å². The number of rotatable bonds is 6. The third-order valence-electron chi connectivity index (χ3n) is 5.37. The second-order valence-electron chi connectivity index (χ2n) is 7.49. The number of carbonyl (C=O) groups excluding carboxylic acids is 1. The summed E-state index contributed by atoms with van der Waals surface area (Å²) < 4.78 is 49.8. The number of hydrogen-bond donors (Lipinski definition) is 1. The maximum atomic E-state index is 14.6. The highest BCUT2D eigenvalue weighted by molar-refractivity contribution is 7.93. The molecule has 0 aromatic heterocycles. The highest BCUT2D eigenvalue weighted by atomic mass is 32.2. The van der Waals surface area contributed by atoms with Gasteiger partial charge in [-0.3, -0.25) is 9.79 Å². The molecule has 1 saturated heterocycles. The Morgan fingerprint density at radius 3 is 2.79 bits per heavy atom. The summed E-state index contributed by atoms with van der Waals surface area (Å²) in [6.07, 6.45) is 0.308. The minimum Gasteiger partial charge on any atom is -0.386 e. The number of hydrogen-bond acceptors (Lipinski definition) is 7. The molecular weight excluding hydrogens is 387 g/mol. The van der Waals surface area contributed by atoms with Crippen LogP contribution in [0.25, 0.3) is 0 Å². The van der Waals surface area contributed by atoms with Crippen LogP contribution in [0.2, 0.25) is 0 Å². The molecule has 28 heavy (non-hydrogen) atoms. The minimum atomic E-state index is -3.73. The van der Waals surface area contributed by atoms with Gasteiger partial charge in [-0.15, -0.1) is 0 Å². The van der Waals surface area contributed by atoms with Crippen LogP contribution in [0.15, 0.2) is 23.2 Å². The summed E-state index contributed by atoms with van der Waals surface area (Å²) in [5, 5.41) is 0. The first-order valence-electron chi connectivity index (χ1n) is 9.18. The molecule has 0 bridgehead atoms. The van der Waals surface area contributed by atoms with Gasteiger partial charge < -0.3 is 15.2 Å². The smallest absolute Gasteiger partial charge is 0.168 e. The Balaban J connectivity index is 1.97. The summed E-state index contributed by atoms with van der Waals surface area (Å²) >= 11 is 0. The van der Waals surface area contributed by atoms with Gasteiger partial charge in [-0.2, -0.15) is 0 Å². The van der Waals surface area contributed by atoms with Gasteiger partial charge in [-0.05, 0) is 38.0 Å². The van der Waals surface area contributed by atoms with Crippen molar-refractivity contribution >= 4 is 21.5 Å². The van der Waals surface area contributed by atoms with Gasteiger partial charge in [0.15, 0.2) is 20.4 Å². The maximum Gasteiger partial charge on any atom is 0.168 e. The van der Waals surface area contributed by atoms with E-state index in [4.69, 9.17) is 15.2 Å². The third kappa shape index (κ3) is 3.58. The molecule has 0 saturated carbocycles. The predicted molar refractivity (Wildman–Crippen MR) is 103 cm³/mol. The zero-order valence-corrected chi connectivity index (χ0v) is 16.9. The fraction of sp³-hybridized carbons (Fsp3) is 0.579. The molecule has 1 spiro atoms. The van der Waals surface area contributed by atoms with Crippen molar-refractivity contribution in [1.82, 2.24) is 0 Å². The topological polar surface area (TPSA) is 108 Å². The minimum absolute atomic E-state index is 0.0253. The zero-order chi connectivity index (χ0) is 20.6. The van der Waals surface area contributed by atoms with Gasteiger partial charge in [0.1, 0.15) is 23.8 Å². The number of ketones is 1. The van der Waals surface area contributed by atoms with E-state index in [0.29, 0.717) is 12.2 Å². The average molecular weight is 412 g/mol. The molecule has 2 N–H and O–H groups in total. The molecule has 9 heteroatoms. The Kier molecular flexibility index (Phi) is 5.62. The van der Waals surface area contributed by atoms with Crippen molar-refractivity contribution in [3.05, 3.63) is 35.1 Å². The molecule has 0 amide bonds. The van der Waals surface area contributed by atoms with Crippen LogP contribution < -0.4 is 5.73 Å². The molecule has 0 radical (unpaired) electrons. The Bertz CT molecular complexity index is 909. The van der Waals surface area contributed by atoms with Gasteiger partial charge in [0.2, 0.25) is 0 Å². The first-order valence-corrected chi connectivity index (χ1v) is 10.8. The SMILES string of the molecule is CCOCC(=O)Cc1ccc(F)c([C@]2(C)CS(=O)(=O)[C@]3(CCOC3)C(N)=N2)c1. The fourth-order valence-corrected chi connectivity index (χ4v) is 6.05. The van der Waals surface area contributed by atoms with Crippen LogP contribution in [0.4, 0.5) is 4.39 Å². The van der Waals surface area contributed by atoms with E-state index in [-0.39, 0.29) is 55.6 Å². The van der Waals surface area contributed by atoms with Crippen LogP contribution in [-0.2, 0) is 36.1 Å². The quantitative estimate of drug-likeness (QED) is 0.751. The van der Waals surface area contributed by atoms with Crippen LogP contribution in [-0.4, -0.2) is 57.0 Å². The summed E-state index contributed by atoms with van der Waals surface area (Å²) in [4.78, 5) is 16.4. The molecule has 2 aliphatic rings. The Morgan fingerprint density at radius 1 is 1.43 bits per heavy atom. The van der Waals surface area contributed by atoms with E-state index in [9.17, 15) is 17.6 Å². The van der Waals surface area contributed by atoms with Gasteiger partial charge in [0.05, 0.1) is 12.4 Å². The van der Waals surface area contributed by atoms with Gasteiger partial charge in [0, 0.05) is 25.2 Å². The molecule has 2 atom stereocenters. The predicted octanol–water partition coefficient (Wildman–Crippen LogP) is 1.13. The van der Waals surface area contributed by atoms with Crippen molar-refractivity contribution in [3.8, 4) is 0 Å². The summed E-state index contributed by atoms with van der Waals surface area (Å²) in [6, 6.07) is 4.22. The van der Waals surface area contributed by atoms with E-state index in [2.05, 4.69) is 4.99 Å². The van der Waals surface area contributed by atoms with Crippen molar-refractivity contribution in [2.45, 2.75) is 37.0 Å². The number of sulfone groups is 1. The van der Waals surface area contributed by atoms with Crippen molar-refractivity contribution in [3.63, 3.8) is 0 Å². The second-order valence-corrected chi connectivity index (χ2v) is 9.79. The molecule has 3 rings (SSSR count). The van der Waals surface area contributed by atoms with E-state index in [0.717, 1.165) is 0 Å². The monoisotopic (exact) mass is 412 g/mol. The zero-order valence-electron chi connectivity index (χ0n) is 16.0. The normalized spacial score (nSPS) is 29.0. The fourth-order valence-electron chi connectivity index (χ4n) is 3.79. The third-order valence-corrected chi connectivity index (χ3v) is 8.03. The molecular formula is C19H25FN2O5S. The number of nitrogens with zero attached hydrogens (tertiary/aromatic N) is 1. The Hall–Kier alpha value is -1.84. The number of carbonyl (C=O) groups is 1. The van der Waals surface area contributed by atoms with Crippen molar-refractivity contribution in [1.29, 1.82) is 0 Å². The van der Waals surface area contributed by atoms with Gasteiger partial charge in [-0.25, -0.2) is 12.8 Å². The number of amidine groups is 1. The molecule has 7 nitrogen and oxygen atoms in total. The van der Waals surface area contributed by atoms with Gasteiger partial charge >= 0.3 is 0 Å². The van der Waals surface area contributed by atoms with Crippen molar-refractivity contribution < 1.29 is 27.1 Å². The molecule has 0 unspecified atom stereocenters. The molecule has 1 fully saturated rings. The lowest BCUT2D eigenvalue weighted by Crippen LogP contribution is -2.58. The maximum absolute atomic E-state index is 14.6. The van der Waals surface area contributed by atoms with Crippen molar-refractivity contribution in [2.75, 3.05) is 32.2 Å². The van der Waals surface area contributed by atoms with Crippen LogP contribution in [0.3, 0.4) is 0 Å². The Morgan fingerprint density at radius 2 is 2.18 bits per heavy atom. The van der Waals surface area contributed by atoms with Gasteiger partial charge in [-0.1, -0.05) is 6.07 Å². The van der Waals surface area contributed by atoms with Crippen LogP contribution >= 0.6 is 0 Å². The number of nitrogens with two attached hydrogens (primary N) is 1. The van der Waals surface area contributed by atoms with Crippen molar-refractivity contribution in [2.24, 2.45) is 10.7 Å². The van der Waals surface area contributed by atoms with Crippen LogP contribution in [0.5, 0.6) is 0 Å². The number of halogens is 1. The highest BCUT2D eigenvalue weighted by Gasteiger charge is 2.57. The first kappa shape index (κ1) is 20.9. The first-order chi connectivity index (χ1) is 13.1. The summed E-state index contributed by atoms with van der Waals surface area (Å²) in [6.45, 7) is 3.99. The van der Waals surface area contributed by atoms with Gasteiger partial charge in [0.25, 0.3) is 0 Å². The second kappa shape index (κ2) is 7.53. The summed E-state index contributed by atoms with van der Waals surface area (Å²) in [5.74, 6) is -1.16. The number of ether oxygens (including phenoxy) is 2. The van der Waals surface area contributed by atoms with E-state index >= 15 is 0 Å². The van der Waals surface area contributed by atoms with E-state index in [1.807, 2.05) is 0 Å². The molecule has 2 aliphatic heterocycles. The lowest BCUT2D eigenvalue weighted by atomic mass is 9.90. The molecule has 1 aromatic carbocycles.